The molecule has 0 saturated carbocycles. The van der Waals surface area contributed by atoms with Crippen molar-refractivity contribution in [3.63, 3.8) is 0 Å². The Balaban J connectivity index is 1.80. The van der Waals surface area contributed by atoms with E-state index < -0.39 is 0 Å². The molecule has 1 amide bonds. The predicted octanol–water partition coefficient (Wildman–Crippen LogP) is 3.26. The molecular weight excluding hydrogens is 266 g/mol. The second kappa shape index (κ2) is 5.09. The second-order valence-electron chi connectivity index (χ2n) is 5.20. The number of amides is 1. The number of hydrogen-bond donors (Lipinski definition) is 2. The van der Waals surface area contributed by atoms with E-state index in [0.717, 1.165) is 28.1 Å². The van der Waals surface area contributed by atoms with Gasteiger partial charge in [-0.3, -0.25) is 4.79 Å². The van der Waals surface area contributed by atoms with Gasteiger partial charge in [-0.25, -0.2) is 4.98 Å². The SMILES string of the molecule is Cc1cc(C(C)NC(=O)c2ccc3nc[nH]c3c2)c(C)o1. The van der Waals surface area contributed by atoms with Crippen LogP contribution < -0.4 is 5.32 Å². The van der Waals surface area contributed by atoms with Gasteiger partial charge in [0.05, 0.1) is 23.4 Å². The Bertz CT molecular complexity index is 801. The molecule has 0 radical (unpaired) electrons. The van der Waals surface area contributed by atoms with E-state index in [1.165, 1.54) is 0 Å². The van der Waals surface area contributed by atoms with E-state index >= 15 is 0 Å². The summed E-state index contributed by atoms with van der Waals surface area (Å²) in [7, 11) is 0. The number of H-pyrrole nitrogens is 1. The molecule has 2 aromatic heterocycles. The van der Waals surface area contributed by atoms with Crippen LogP contribution in [0.15, 0.2) is 35.0 Å². The van der Waals surface area contributed by atoms with Crippen molar-refractivity contribution in [2.75, 3.05) is 0 Å². The highest BCUT2D eigenvalue weighted by molar-refractivity contribution is 5.97. The molecule has 3 rings (SSSR count). The Morgan fingerprint density at radius 2 is 2.14 bits per heavy atom. The molecule has 0 bridgehead atoms. The lowest BCUT2D eigenvalue weighted by molar-refractivity contribution is 0.0940. The van der Waals surface area contributed by atoms with Crippen molar-refractivity contribution in [1.82, 2.24) is 15.3 Å². The molecule has 1 aromatic carbocycles. The molecule has 1 atom stereocenters. The van der Waals surface area contributed by atoms with Gasteiger partial charge in [0, 0.05) is 11.1 Å². The van der Waals surface area contributed by atoms with Gasteiger partial charge < -0.3 is 14.7 Å². The topological polar surface area (TPSA) is 70.9 Å². The van der Waals surface area contributed by atoms with E-state index in [4.69, 9.17) is 4.42 Å². The molecular formula is C16H17N3O2. The van der Waals surface area contributed by atoms with E-state index in [2.05, 4.69) is 15.3 Å². The number of aromatic nitrogens is 2. The first-order chi connectivity index (χ1) is 10.0. The number of imidazole rings is 1. The third kappa shape index (κ3) is 2.54. The smallest absolute Gasteiger partial charge is 0.251 e. The molecule has 2 N–H and O–H groups in total. The highest BCUT2D eigenvalue weighted by Gasteiger charge is 2.16. The molecule has 2 heterocycles. The molecule has 5 nitrogen and oxygen atoms in total. The number of fused-ring (bicyclic) bond motifs is 1. The number of benzene rings is 1. The predicted molar refractivity (Wildman–Crippen MR) is 80.2 cm³/mol. The van der Waals surface area contributed by atoms with Gasteiger partial charge in [0.15, 0.2) is 0 Å². The van der Waals surface area contributed by atoms with E-state index in [9.17, 15) is 4.79 Å². The van der Waals surface area contributed by atoms with Gasteiger partial charge >= 0.3 is 0 Å². The summed E-state index contributed by atoms with van der Waals surface area (Å²) in [5.74, 6) is 1.57. The zero-order valence-corrected chi connectivity index (χ0v) is 12.2. The molecule has 0 spiro atoms. The average molecular weight is 283 g/mol. The number of rotatable bonds is 3. The number of nitrogens with zero attached hydrogens (tertiary/aromatic N) is 1. The van der Waals surface area contributed by atoms with Crippen molar-refractivity contribution in [2.24, 2.45) is 0 Å². The lowest BCUT2D eigenvalue weighted by atomic mass is 10.1. The fraction of sp³-hybridized carbons (Fsp3) is 0.250. The van der Waals surface area contributed by atoms with Crippen LogP contribution in [-0.2, 0) is 0 Å². The van der Waals surface area contributed by atoms with E-state index in [0.29, 0.717) is 5.56 Å². The molecule has 0 aliphatic carbocycles. The largest absolute Gasteiger partial charge is 0.466 e. The zero-order chi connectivity index (χ0) is 15.0. The van der Waals surface area contributed by atoms with Crippen LogP contribution in [0, 0.1) is 13.8 Å². The van der Waals surface area contributed by atoms with Crippen LogP contribution in [0.4, 0.5) is 0 Å². The monoisotopic (exact) mass is 283 g/mol. The normalized spacial score (nSPS) is 12.5. The Labute approximate surface area is 122 Å². The van der Waals surface area contributed by atoms with Crippen molar-refractivity contribution < 1.29 is 9.21 Å². The van der Waals surface area contributed by atoms with Crippen molar-refractivity contribution in [2.45, 2.75) is 26.8 Å². The summed E-state index contributed by atoms with van der Waals surface area (Å²) < 4.78 is 5.51. The summed E-state index contributed by atoms with van der Waals surface area (Å²) in [5, 5.41) is 2.99. The van der Waals surface area contributed by atoms with Gasteiger partial charge in [0.1, 0.15) is 11.5 Å². The fourth-order valence-corrected chi connectivity index (χ4v) is 2.51. The van der Waals surface area contributed by atoms with Crippen molar-refractivity contribution in [3.05, 3.63) is 53.2 Å². The highest BCUT2D eigenvalue weighted by atomic mass is 16.3. The Hall–Kier alpha value is -2.56. The maximum absolute atomic E-state index is 12.3. The van der Waals surface area contributed by atoms with Crippen molar-refractivity contribution >= 4 is 16.9 Å². The van der Waals surface area contributed by atoms with Crippen LogP contribution in [0.3, 0.4) is 0 Å². The summed E-state index contributed by atoms with van der Waals surface area (Å²) in [6.07, 6.45) is 1.62. The Kier molecular flexibility index (Phi) is 3.25. The molecule has 0 saturated heterocycles. The molecule has 0 fully saturated rings. The molecule has 5 heteroatoms. The fourth-order valence-electron chi connectivity index (χ4n) is 2.51. The number of aromatic amines is 1. The number of carbonyl (C=O) groups is 1. The maximum Gasteiger partial charge on any atom is 0.251 e. The third-order valence-electron chi connectivity index (χ3n) is 3.58. The summed E-state index contributed by atoms with van der Waals surface area (Å²) in [4.78, 5) is 19.5. The lowest BCUT2D eigenvalue weighted by Gasteiger charge is -2.13. The minimum absolute atomic E-state index is 0.104. The number of carbonyl (C=O) groups excluding carboxylic acids is 1. The van der Waals surface area contributed by atoms with Crippen LogP contribution in [0.2, 0.25) is 0 Å². The standard InChI is InChI=1S/C16H17N3O2/c1-9-6-13(11(3)21-9)10(2)19-16(20)12-4-5-14-15(7-12)18-8-17-14/h4-8,10H,1-3H3,(H,17,18)(H,19,20). The molecule has 108 valence electrons. The maximum atomic E-state index is 12.3. The van der Waals surface area contributed by atoms with Crippen molar-refractivity contribution in [3.8, 4) is 0 Å². The van der Waals surface area contributed by atoms with Crippen LogP contribution in [-0.4, -0.2) is 15.9 Å². The zero-order valence-electron chi connectivity index (χ0n) is 12.2. The first-order valence-electron chi connectivity index (χ1n) is 6.85. The molecule has 3 aromatic rings. The van der Waals surface area contributed by atoms with Crippen LogP contribution in [0.1, 0.15) is 40.4 Å². The number of hydrogen-bond acceptors (Lipinski definition) is 3. The van der Waals surface area contributed by atoms with Crippen LogP contribution in [0.5, 0.6) is 0 Å². The minimum atomic E-state index is -0.114. The number of nitrogens with one attached hydrogen (secondary N) is 2. The van der Waals surface area contributed by atoms with Gasteiger partial charge in [0.25, 0.3) is 5.91 Å². The van der Waals surface area contributed by atoms with Gasteiger partial charge in [0.2, 0.25) is 0 Å². The Morgan fingerprint density at radius 3 is 2.86 bits per heavy atom. The summed E-state index contributed by atoms with van der Waals surface area (Å²) in [6.45, 7) is 5.75. The third-order valence-corrected chi connectivity index (χ3v) is 3.58. The summed E-state index contributed by atoms with van der Waals surface area (Å²) in [6, 6.07) is 7.26. The highest BCUT2D eigenvalue weighted by Crippen LogP contribution is 2.21. The van der Waals surface area contributed by atoms with E-state index in [1.54, 1.807) is 18.5 Å². The summed E-state index contributed by atoms with van der Waals surface area (Å²) >= 11 is 0. The minimum Gasteiger partial charge on any atom is -0.466 e. The molecule has 0 aliphatic heterocycles. The van der Waals surface area contributed by atoms with Crippen molar-refractivity contribution in [1.29, 1.82) is 0 Å². The van der Waals surface area contributed by atoms with E-state index in [-0.39, 0.29) is 11.9 Å². The van der Waals surface area contributed by atoms with Crippen LogP contribution in [0.25, 0.3) is 11.0 Å². The molecule has 0 aliphatic rings. The number of aryl methyl sites for hydroxylation is 2. The van der Waals surface area contributed by atoms with Gasteiger partial charge in [-0.15, -0.1) is 0 Å². The second-order valence-corrected chi connectivity index (χ2v) is 5.20. The lowest BCUT2D eigenvalue weighted by Crippen LogP contribution is -2.26. The van der Waals surface area contributed by atoms with Gasteiger partial charge in [-0.2, -0.15) is 0 Å². The first-order valence-corrected chi connectivity index (χ1v) is 6.85. The quantitative estimate of drug-likeness (QED) is 0.775. The summed E-state index contributed by atoms with van der Waals surface area (Å²) in [5.41, 5.74) is 3.31. The molecule has 21 heavy (non-hydrogen) atoms. The average Bonchev–Trinajstić information content (AvgIpc) is 3.03. The van der Waals surface area contributed by atoms with Crippen LogP contribution >= 0.6 is 0 Å². The molecule has 1 unspecified atom stereocenters. The van der Waals surface area contributed by atoms with E-state index in [1.807, 2.05) is 32.9 Å². The van der Waals surface area contributed by atoms with Gasteiger partial charge in [-0.1, -0.05) is 0 Å². The Morgan fingerprint density at radius 1 is 1.33 bits per heavy atom. The first kappa shape index (κ1) is 13.4. The van der Waals surface area contributed by atoms with Gasteiger partial charge in [-0.05, 0) is 45.0 Å². The number of furan rings is 1.